The number of rotatable bonds is 5. The third-order valence-electron chi connectivity index (χ3n) is 1.89. The molecule has 0 saturated heterocycles. The smallest absolute Gasteiger partial charge is 0.176 e. The summed E-state index contributed by atoms with van der Waals surface area (Å²) in [5.74, 6) is 0.267. The van der Waals surface area contributed by atoms with Crippen molar-refractivity contribution in [1.82, 2.24) is 0 Å². The quantitative estimate of drug-likeness (QED) is 0.757. The summed E-state index contributed by atoms with van der Waals surface area (Å²) in [4.78, 5) is 0.850. The SMILES string of the molecule is CS(=O)(=O)c1ccccc1SCC(O)CO. The number of aliphatic hydroxyl groups excluding tert-OH is 2. The Morgan fingerprint density at radius 2 is 2.00 bits per heavy atom. The largest absolute Gasteiger partial charge is 0.394 e. The standard InChI is InChI=1S/C10H14O4S2/c1-16(13,14)10-5-3-2-4-9(10)15-7-8(12)6-11/h2-5,8,11-12H,6-7H2,1H3. The van der Waals surface area contributed by atoms with Crippen LogP contribution >= 0.6 is 11.8 Å². The lowest BCUT2D eigenvalue weighted by Crippen LogP contribution is -2.14. The molecule has 0 aliphatic heterocycles. The maximum absolute atomic E-state index is 11.4. The molecule has 2 N–H and O–H groups in total. The van der Waals surface area contributed by atoms with Crippen LogP contribution in [0.4, 0.5) is 0 Å². The highest BCUT2D eigenvalue weighted by Crippen LogP contribution is 2.26. The summed E-state index contributed by atoms with van der Waals surface area (Å²) in [7, 11) is -3.25. The van der Waals surface area contributed by atoms with E-state index in [2.05, 4.69) is 0 Å². The Bertz CT molecular complexity index is 442. The molecule has 1 atom stereocenters. The van der Waals surface area contributed by atoms with Crippen molar-refractivity contribution in [2.75, 3.05) is 18.6 Å². The van der Waals surface area contributed by atoms with Crippen LogP contribution in [0.1, 0.15) is 0 Å². The van der Waals surface area contributed by atoms with Crippen molar-refractivity contribution in [1.29, 1.82) is 0 Å². The van der Waals surface area contributed by atoms with Crippen molar-refractivity contribution in [3.05, 3.63) is 24.3 Å². The molecule has 6 heteroatoms. The molecule has 0 aliphatic rings. The zero-order valence-electron chi connectivity index (χ0n) is 8.83. The molecule has 0 bridgehead atoms. The molecule has 0 heterocycles. The maximum atomic E-state index is 11.4. The van der Waals surface area contributed by atoms with Gasteiger partial charge in [0.1, 0.15) is 0 Å². The number of hydrogen-bond donors (Lipinski definition) is 2. The Hall–Kier alpha value is -0.560. The summed E-state index contributed by atoms with van der Waals surface area (Å²) < 4.78 is 22.9. The Labute approximate surface area is 99.2 Å². The van der Waals surface area contributed by atoms with E-state index in [1.165, 1.54) is 17.8 Å². The summed E-state index contributed by atoms with van der Waals surface area (Å²) in [6.45, 7) is -0.325. The van der Waals surface area contributed by atoms with Crippen molar-refractivity contribution in [3.63, 3.8) is 0 Å². The molecule has 0 saturated carbocycles. The minimum atomic E-state index is -3.25. The number of aliphatic hydroxyl groups is 2. The minimum Gasteiger partial charge on any atom is -0.394 e. The van der Waals surface area contributed by atoms with Crippen LogP contribution in [-0.4, -0.2) is 43.4 Å². The number of benzene rings is 1. The van der Waals surface area contributed by atoms with Crippen LogP contribution in [0.25, 0.3) is 0 Å². The van der Waals surface area contributed by atoms with Gasteiger partial charge in [0.25, 0.3) is 0 Å². The minimum absolute atomic E-state index is 0.255. The highest BCUT2D eigenvalue weighted by molar-refractivity contribution is 8.00. The van der Waals surface area contributed by atoms with E-state index in [1.807, 2.05) is 0 Å². The molecular formula is C10H14O4S2. The third-order valence-corrected chi connectivity index (χ3v) is 4.39. The van der Waals surface area contributed by atoms with E-state index in [4.69, 9.17) is 5.11 Å². The van der Waals surface area contributed by atoms with Crippen LogP contribution < -0.4 is 0 Å². The Morgan fingerprint density at radius 3 is 2.56 bits per heavy atom. The van der Waals surface area contributed by atoms with Crippen LogP contribution in [-0.2, 0) is 9.84 Å². The fourth-order valence-electron chi connectivity index (χ4n) is 1.11. The van der Waals surface area contributed by atoms with E-state index >= 15 is 0 Å². The van der Waals surface area contributed by atoms with Crippen LogP contribution in [0.2, 0.25) is 0 Å². The fraction of sp³-hybridized carbons (Fsp3) is 0.400. The van der Waals surface area contributed by atoms with Gasteiger partial charge in [0.05, 0.1) is 17.6 Å². The Kier molecular flexibility index (Phi) is 4.79. The Balaban J connectivity index is 2.88. The zero-order chi connectivity index (χ0) is 12.2. The third kappa shape index (κ3) is 3.79. The molecule has 90 valence electrons. The predicted molar refractivity (Wildman–Crippen MR) is 63.4 cm³/mol. The summed E-state index contributed by atoms with van der Waals surface area (Å²) in [5.41, 5.74) is 0. The molecule has 0 amide bonds. The van der Waals surface area contributed by atoms with E-state index in [9.17, 15) is 13.5 Å². The first kappa shape index (κ1) is 13.5. The van der Waals surface area contributed by atoms with Crippen LogP contribution in [0.15, 0.2) is 34.1 Å². The molecule has 1 rings (SSSR count). The van der Waals surface area contributed by atoms with E-state index in [0.717, 1.165) is 6.26 Å². The molecule has 1 unspecified atom stereocenters. The number of sulfone groups is 1. The second-order valence-corrected chi connectivity index (χ2v) is 6.41. The van der Waals surface area contributed by atoms with Crippen molar-refractivity contribution in [3.8, 4) is 0 Å². The summed E-state index contributed by atoms with van der Waals surface area (Å²) in [6.07, 6.45) is 0.312. The van der Waals surface area contributed by atoms with Gasteiger partial charge in [-0.15, -0.1) is 11.8 Å². The van der Waals surface area contributed by atoms with Crippen LogP contribution in [0.5, 0.6) is 0 Å². The Morgan fingerprint density at radius 1 is 1.38 bits per heavy atom. The van der Waals surface area contributed by atoms with Gasteiger partial charge in [-0.1, -0.05) is 12.1 Å². The number of hydrogen-bond acceptors (Lipinski definition) is 5. The lowest BCUT2D eigenvalue weighted by atomic mass is 10.4. The van der Waals surface area contributed by atoms with Crippen molar-refractivity contribution in [2.24, 2.45) is 0 Å². The molecule has 0 aromatic heterocycles. The molecule has 1 aromatic rings. The highest BCUT2D eigenvalue weighted by Gasteiger charge is 2.13. The maximum Gasteiger partial charge on any atom is 0.176 e. The van der Waals surface area contributed by atoms with E-state index in [1.54, 1.807) is 18.2 Å². The van der Waals surface area contributed by atoms with Crippen LogP contribution in [0, 0.1) is 0 Å². The topological polar surface area (TPSA) is 74.6 Å². The van der Waals surface area contributed by atoms with Gasteiger partial charge in [-0.3, -0.25) is 0 Å². The molecule has 16 heavy (non-hydrogen) atoms. The first-order chi connectivity index (χ1) is 7.45. The van der Waals surface area contributed by atoms with E-state index in [0.29, 0.717) is 4.90 Å². The average Bonchev–Trinajstić information content (AvgIpc) is 2.25. The molecular weight excluding hydrogens is 248 g/mol. The van der Waals surface area contributed by atoms with Gasteiger partial charge in [0, 0.05) is 16.9 Å². The number of thioether (sulfide) groups is 1. The molecule has 0 fully saturated rings. The molecule has 0 aliphatic carbocycles. The molecule has 0 spiro atoms. The van der Waals surface area contributed by atoms with E-state index < -0.39 is 15.9 Å². The summed E-state index contributed by atoms with van der Waals surface area (Å²) in [6, 6.07) is 6.61. The second-order valence-electron chi connectivity index (χ2n) is 3.37. The average molecular weight is 262 g/mol. The molecule has 0 radical (unpaired) electrons. The van der Waals surface area contributed by atoms with Gasteiger partial charge in [0.2, 0.25) is 0 Å². The van der Waals surface area contributed by atoms with Gasteiger partial charge in [-0.05, 0) is 12.1 Å². The zero-order valence-corrected chi connectivity index (χ0v) is 10.5. The lowest BCUT2D eigenvalue weighted by molar-refractivity contribution is 0.113. The van der Waals surface area contributed by atoms with Gasteiger partial charge < -0.3 is 10.2 Å². The first-order valence-corrected chi connectivity index (χ1v) is 7.53. The van der Waals surface area contributed by atoms with Gasteiger partial charge in [-0.2, -0.15) is 0 Å². The van der Waals surface area contributed by atoms with Gasteiger partial charge >= 0.3 is 0 Å². The first-order valence-electron chi connectivity index (χ1n) is 4.66. The molecule has 4 nitrogen and oxygen atoms in total. The fourth-order valence-corrected chi connectivity index (χ4v) is 3.37. The summed E-state index contributed by atoms with van der Waals surface area (Å²) >= 11 is 1.22. The second kappa shape index (κ2) is 5.67. The van der Waals surface area contributed by atoms with E-state index in [-0.39, 0.29) is 17.3 Å². The van der Waals surface area contributed by atoms with Gasteiger partial charge in [-0.25, -0.2) is 8.42 Å². The van der Waals surface area contributed by atoms with Crippen molar-refractivity contribution < 1.29 is 18.6 Å². The van der Waals surface area contributed by atoms with Crippen LogP contribution in [0.3, 0.4) is 0 Å². The highest BCUT2D eigenvalue weighted by atomic mass is 32.2. The normalized spacial score (nSPS) is 13.7. The monoisotopic (exact) mass is 262 g/mol. The predicted octanol–water partition coefficient (Wildman–Crippen LogP) is 0.535. The van der Waals surface area contributed by atoms with Crippen molar-refractivity contribution >= 4 is 21.6 Å². The lowest BCUT2D eigenvalue weighted by Gasteiger charge is -2.09. The molecule has 1 aromatic carbocycles. The summed E-state index contributed by atoms with van der Waals surface area (Å²) in [5, 5.41) is 17.9. The van der Waals surface area contributed by atoms with Crippen molar-refractivity contribution in [2.45, 2.75) is 15.9 Å². The van der Waals surface area contributed by atoms with Gasteiger partial charge in [0.15, 0.2) is 9.84 Å².